The number of hydrogen-bond donors (Lipinski definition) is 1. The van der Waals surface area contributed by atoms with Crippen molar-refractivity contribution in [2.24, 2.45) is 11.8 Å². The molecule has 27 heavy (non-hydrogen) atoms. The number of rotatable bonds is 7. The second-order valence-corrected chi connectivity index (χ2v) is 7.60. The van der Waals surface area contributed by atoms with Gasteiger partial charge in [-0.3, -0.25) is 9.59 Å². The fraction of sp³-hybridized carbons (Fsp3) is 0.409. The lowest BCUT2D eigenvalue weighted by molar-refractivity contribution is 0.0940. The molecule has 4 rings (SSSR count). The smallest absolute Gasteiger partial charge is 0.269 e. The Morgan fingerprint density at radius 2 is 2.04 bits per heavy atom. The van der Waals surface area contributed by atoms with Crippen LogP contribution in [-0.2, 0) is 12.8 Å². The molecule has 1 amide bonds. The standard InChI is InChI=1S/C22H24N2O3/c25-13-17-4-6-18-9-16(3-5-19(18)10-17)11-24-22(26)21-8-7-20(12-23-21)27-14-15-1-2-15/h4,6-8,10,12-13,15-16H,1-3,5,9,11,14H2,(H,24,26). The number of carbonyl (C=O) groups excluding carboxylic acids is 2. The summed E-state index contributed by atoms with van der Waals surface area (Å²) in [4.78, 5) is 27.5. The van der Waals surface area contributed by atoms with Gasteiger partial charge in [-0.25, -0.2) is 4.98 Å². The minimum absolute atomic E-state index is 0.147. The van der Waals surface area contributed by atoms with Gasteiger partial charge in [0, 0.05) is 12.1 Å². The first kappa shape index (κ1) is 17.7. The van der Waals surface area contributed by atoms with Crippen molar-refractivity contribution in [2.45, 2.75) is 32.1 Å². The van der Waals surface area contributed by atoms with Crippen molar-refractivity contribution in [3.8, 4) is 5.75 Å². The van der Waals surface area contributed by atoms with Gasteiger partial charge < -0.3 is 10.1 Å². The van der Waals surface area contributed by atoms with Gasteiger partial charge in [0.05, 0.1) is 12.8 Å². The monoisotopic (exact) mass is 364 g/mol. The molecular weight excluding hydrogens is 340 g/mol. The van der Waals surface area contributed by atoms with E-state index in [4.69, 9.17) is 4.74 Å². The molecule has 0 radical (unpaired) electrons. The number of ether oxygens (including phenoxy) is 1. The maximum Gasteiger partial charge on any atom is 0.269 e. The van der Waals surface area contributed by atoms with Crippen molar-refractivity contribution in [1.82, 2.24) is 10.3 Å². The Bertz CT molecular complexity index is 828. The normalized spacial score (nSPS) is 18.4. The number of pyridine rings is 1. The van der Waals surface area contributed by atoms with E-state index in [-0.39, 0.29) is 5.91 Å². The number of hydrogen-bond acceptors (Lipinski definition) is 4. The van der Waals surface area contributed by atoms with Crippen LogP contribution >= 0.6 is 0 Å². The summed E-state index contributed by atoms with van der Waals surface area (Å²) in [6.45, 7) is 1.38. The third-order valence-electron chi connectivity index (χ3n) is 5.40. The fourth-order valence-electron chi connectivity index (χ4n) is 3.52. The van der Waals surface area contributed by atoms with Crippen LogP contribution in [0.25, 0.3) is 0 Å². The number of amides is 1. The molecular formula is C22H24N2O3. The van der Waals surface area contributed by atoms with Crippen molar-refractivity contribution in [3.63, 3.8) is 0 Å². The Labute approximate surface area is 159 Å². The molecule has 140 valence electrons. The summed E-state index contributed by atoms with van der Waals surface area (Å²) in [5.74, 6) is 1.67. The Morgan fingerprint density at radius 1 is 1.15 bits per heavy atom. The van der Waals surface area contributed by atoms with E-state index in [9.17, 15) is 9.59 Å². The van der Waals surface area contributed by atoms with Crippen LogP contribution in [-0.4, -0.2) is 30.3 Å². The van der Waals surface area contributed by atoms with Gasteiger partial charge >= 0.3 is 0 Å². The summed E-state index contributed by atoms with van der Waals surface area (Å²) in [7, 11) is 0. The highest BCUT2D eigenvalue weighted by molar-refractivity contribution is 5.92. The summed E-state index contributed by atoms with van der Waals surface area (Å²) >= 11 is 0. The van der Waals surface area contributed by atoms with Crippen molar-refractivity contribution >= 4 is 12.2 Å². The molecule has 1 atom stereocenters. The number of carbonyl (C=O) groups is 2. The molecule has 0 bridgehead atoms. The molecule has 1 aromatic carbocycles. The summed E-state index contributed by atoms with van der Waals surface area (Å²) in [6, 6.07) is 9.41. The van der Waals surface area contributed by atoms with Crippen LogP contribution in [0.1, 0.15) is 51.2 Å². The average Bonchev–Trinajstić information content (AvgIpc) is 3.55. The third kappa shape index (κ3) is 4.54. The van der Waals surface area contributed by atoms with Crippen LogP contribution in [0.3, 0.4) is 0 Å². The predicted octanol–water partition coefficient (Wildman–Crippen LogP) is 3.22. The first-order valence-electron chi connectivity index (χ1n) is 9.65. The van der Waals surface area contributed by atoms with Gasteiger partial charge in [-0.05, 0) is 73.3 Å². The van der Waals surface area contributed by atoms with Crippen molar-refractivity contribution in [3.05, 3.63) is 58.9 Å². The van der Waals surface area contributed by atoms with Crippen LogP contribution in [0.5, 0.6) is 5.75 Å². The van der Waals surface area contributed by atoms with Gasteiger partial charge in [0.1, 0.15) is 17.7 Å². The molecule has 2 aliphatic rings. The van der Waals surface area contributed by atoms with Crippen LogP contribution in [0, 0.1) is 11.8 Å². The molecule has 2 aliphatic carbocycles. The van der Waals surface area contributed by atoms with Gasteiger partial charge in [0.15, 0.2) is 0 Å². The molecule has 1 heterocycles. The van der Waals surface area contributed by atoms with Crippen molar-refractivity contribution in [2.75, 3.05) is 13.2 Å². The van der Waals surface area contributed by atoms with Crippen LogP contribution in [0.4, 0.5) is 0 Å². The summed E-state index contributed by atoms with van der Waals surface area (Å²) in [5.41, 5.74) is 3.68. The zero-order valence-corrected chi connectivity index (χ0v) is 15.3. The lowest BCUT2D eigenvalue weighted by atomic mass is 9.83. The highest BCUT2D eigenvalue weighted by atomic mass is 16.5. The van der Waals surface area contributed by atoms with Crippen molar-refractivity contribution < 1.29 is 14.3 Å². The van der Waals surface area contributed by atoms with Crippen LogP contribution in [0.15, 0.2) is 36.5 Å². The molecule has 1 unspecified atom stereocenters. The minimum Gasteiger partial charge on any atom is -0.492 e. The third-order valence-corrected chi connectivity index (χ3v) is 5.40. The molecule has 0 aliphatic heterocycles. The first-order valence-corrected chi connectivity index (χ1v) is 9.65. The summed E-state index contributed by atoms with van der Waals surface area (Å²) in [6.07, 6.45) is 7.89. The highest BCUT2D eigenvalue weighted by Crippen LogP contribution is 2.29. The Kier molecular flexibility index (Phi) is 5.19. The van der Waals surface area contributed by atoms with Crippen LogP contribution < -0.4 is 10.1 Å². The number of aryl methyl sites for hydroxylation is 1. The number of nitrogens with one attached hydrogen (secondary N) is 1. The Hall–Kier alpha value is -2.69. The lowest BCUT2D eigenvalue weighted by Gasteiger charge is -2.25. The summed E-state index contributed by atoms with van der Waals surface area (Å²) in [5, 5.41) is 3.00. The number of nitrogens with zero attached hydrogens (tertiary/aromatic N) is 1. The van der Waals surface area contributed by atoms with E-state index < -0.39 is 0 Å². The van der Waals surface area contributed by atoms with E-state index in [0.717, 1.165) is 43.5 Å². The molecule has 1 fully saturated rings. The van der Waals surface area contributed by atoms with E-state index in [1.807, 2.05) is 24.3 Å². The van der Waals surface area contributed by atoms with E-state index in [2.05, 4.69) is 10.3 Å². The molecule has 1 aromatic heterocycles. The minimum atomic E-state index is -0.147. The predicted molar refractivity (Wildman–Crippen MR) is 102 cm³/mol. The Balaban J connectivity index is 1.28. The van der Waals surface area contributed by atoms with E-state index in [1.54, 1.807) is 12.3 Å². The molecule has 1 saturated carbocycles. The zero-order valence-electron chi connectivity index (χ0n) is 15.3. The highest BCUT2D eigenvalue weighted by Gasteiger charge is 2.22. The van der Waals surface area contributed by atoms with Crippen molar-refractivity contribution in [1.29, 1.82) is 0 Å². The topological polar surface area (TPSA) is 68.3 Å². The largest absolute Gasteiger partial charge is 0.492 e. The quantitative estimate of drug-likeness (QED) is 0.766. The van der Waals surface area contributed by atoms with Crippen LogP contribution in [0.2, 0.25) is 0 Å². The molecule has 2 aromatic rings. The molecule has 5 nitrogen and oxygen atoms in total. The molecule has 0 saturated heterocycles. The number of aldehydes is 1. The van der Waals surface area contributed by atoms with E-state index >= 15 is 0 Å². The lowest BCUT2D eigenvalue weighted by Crippen LogP contribution is -2.32. The average molecular weight is 364 g/mol. The van der Waals surface area contributed by atoms with Gasteiger partial charge in [0.2, 0.25) is 0 Å². The SMILES string of the molecule is O=Cc1ccc2c(c1)CCC(CNC(=O)c1ccc(OCC3CC3)cn1)C2. The zero-order chi connectivity index (χ0) is 18.6. The van der Waals surface area contributed by atoms with Gasteiger partial charge in [-0.1, -0.05) is 12.1 Å². The second kappa shape index (κ2) is 7.91. The number of aromatic nitrogens is 1. The second-order valence-electron chi connectivity index (χ2n) is 7.60. The molecule has 5 heteroatoms. The number of benzene rings is 1. The maximum absolute atomic E-state index is 12.4. The summed E-state index contributed by atoms with van der Waals surface area (Å²) < 4.78 is 5.65. The van der Waals surface area contributed by atoms with E-state index in [0.29, 0.717) is 24.1 Å². The number of fused-ring (bicyclic) bond motifs is 1. The van der Waals surface area contributed by atoms with Gasteiger partial charge in [-0.2, -0.15) is 0 Å². The van der Waals surface area contributed by atoms with E-state index in [1.165, 1.54) is 24.0 Å². The fourth-order valence-corrected chi connectivity index (χ4v) is 3.52. The Morgan fingerprint density at radius 3 is 2.78 bits per heavy atom. The maximum atomic E-state index is 12.4. The van der Waals surface area contributed by atoms with Gasteiger partial charge in [0.25, 0.3) is 5.91 Å². The molecule has 1 N–H and O–H groups in total. The van der Waals surface area contributed by atoms with Gasteiger partial charge in [-0.15, -0.1) is 0 Å². The molecule has 0 spiro atoms. The first-order chi connectivity index (χ1) is 13.2.